The van der Waals surface area contributed by atoms with Gasteiger partial charge in [-0.3, -0.25) is 0 Å². The quantitative estimate of drug-likeness (QED) is 0.665. The third-order valence-corrected chi connectivity index (χ3v) is 2.00. The topological polar surface area (TPSA) is 50.7 Å². The summed E-state index contributed by atoms with van der Waals surface area (Å²) in [4.78, 5) is 10.6. The molecule has 0 spiro atoms. The number of halogens is 2. The van der Waals surface area contributed by atoms with E-state index in [0.717, 1.165) is 0 Å². The van der Waals surface area contributed by atoms with Crippen LogP contribution in [0.5, 0.6) is 0 Å². The Bertz CT molecular complexity index is 396. The number of nitrogens with zero attached hydrogens (tertiary/aromatic N) is 1. The largest absolute Gasteiger partial charge is 0.452 e. The molecule has 1 rings (SSSR count). The van der Waals surface area contributed by atoms with Crippen LogP contribution in [0, 0.1) is 5.82 Å². The van der Waals surface area contributed by atoms with Gasteiger partial charge in [0.25, 0.3) is 0 Å². The van der Waals surface area contributed by atoms with E-state index in [1.54, 1.807) is 6.07 Å². The van der Waals surface area contributed by atoms with Crippen molar-refractivity contribution in [2.45, 2.75) is 0 Å². The molecular formula is C9H8BrFN2O2. The summed E-state index contributed by atoms with van der Waals surface area (Å²) < 4.78 is 18.1. The van der Waals surface area contributed by atoms with Crippen LogP contribution in [0.1, 0.15) is 5.56 Å². The first-order chi connectivity index (χ1) is 7.13. The normalized spacial score (nSPS) is 10.3. The molecule has 0 heterocycles. The van der Waals surface area contributed by atoms with Crippen molar-refractivity contribution in [2.75, 3.05) is 7.11 Å². The molecule has 0 atom stereocenters. The van der Waals surface area contributed by atoms with Gasteiger partial charge in [-0.2, -0.15) is 5.10 Å². The molecule has 0 aliphatic heterocycles. The summed E-state index contributed by atoms with van der Waals surface area (Å²) in [6.45, 7) is 0. The Hall–Kier alpha value is -1.43. The van der Waals surface area contributed by atoms with Crippen LogP contribution in [0.25, 0.3) is 0 Å². The molecule has 0 radical (unpaired) electrons. The molecule has 0 saturated carbocycles. The van der Waals surface area contributed by atoms with Gasteiger partial charge in [-0.15, -0.1) is 0 Å². The maximum atomic E-state index is 13.2. The van der Waals surface area contributed by atoms with Gasteiger partial charge in [-0.25, -0.2) is 14.6 Å². The van der Waals surface area contributed by atoms with Crippen LogP contribution in [0.2, 0.25) is 0 Å². The van der Waals surface area contributed by atoms with Crippen molar-refractivity contribution in [3.63, 3.8) is 0 Å². The second kappa shape index (κ2) is 5.45. The van der Waals surface area contributed by atoms with Crippen molar-refractivity contribution in [1.29, 1.82) is 0 Å². The second-order valence-electron chi connectivity index (χ2n) is 2.53. The molecule has 15 heavy (non-hydrogen) atoms. The zero-order chi connectivity index (χ0) is 11.3. The van der Waals surface area contributed by atoms with Crippen molar-refractivity contribution in [3.05, 3.63) is 34.1 Å². The van der Waals surface area contributed by atoms with Gasteiger partial charge in [0, 0.05) is 10.0 Å². The summed E-state index contributed by atoms with van der Waals surface area (Å²) in [6.07, 6.45) is 0.488. The van der Waals surface area contributed by atoms with Gasteiger partial charge in [-0.05, 0) is 18.2 Å². The average Bonchev–Trinajstić information content (AvgIpc) is 2.21. The van der Waals surface area contributed by atoms with E-state index in [-0.39, 0.29) is 5.56 Å². The number of amides is 1. The minimum atomic E-state index is -0.705. The molecule has 0 fully saturated rings. The monoisotopic (exact) mass is 274 g/mol. The Balaban J connectivity index is 2.68. The molecule has 1 aromatic rings. The maximum absolute atomic E-state index is 13.2. The number of ether oxygens (including phenoxy) is 1. The Morgan fingerprint density at radius 3 is 3.00 bits per heavy atom. The van der Waals surface area contributed by atoms with Crippen molar-refractivity contribution in [1.82, 2.24) is 5.43 Å². The van der Waals surface area contributed by atoms with E-state index >= 15 is 0 Å². The number of carbonyl (C=O) groups is 1. The molecule has 80 valence electrons. The van der Waals surface area contributed by atoms with Crippen LogP contribution in [0.3, 0.4) is 0 Å². The molecule has 0 aromatic heterocycles. The van der Waals surface area contributed by atoms with Crippen LogP contribution >= 0.6 is 15.9 Å². The molecule has 0 aliphatic carbocycles. The first kappa shape index (κ1) is 11.6. The van der Waals surface area contributed by atoms with Crippen LogP contribution in [0.15, 0.2) is 27.8 Å². The third-order valence-electron chi connectivity index (χ3n) is 1.51. The molecule has 0 saturated heterocycles. The van der Waals surface area contributed by atoms with E-state index in [1.807, 2.05) is 0 Å². The maximum Gasteiger partial charge on any atom is 0.427 e. The van der Waals surface area contributed by atoms with Gasteiger partial charge in [0.2, 0.25) is 0 Å². The molecule has 0 aliphatic rings. The summed E-state index contributed by atoms with van der Waals surface area (Å²) in [6, 6.07) is 4.50. The van der Waals surface area contributed by atoms with Gasteiger partial charge < -0.3 is 4.74 Å². The molecule has 0 unspecified atom stereocenters. The van der Waals surface area contributed by atoms with Crippen LogP contribution in [-0.4, -0.2) is 19.4 Å². The number of hydrazone groups is 1. The molecule has 1 amide bonds. The third kappa shape index (κ3) is 3.67. The highest BCUT2D eigenvalue weighted by atomic mass is 79.9. The van der Waals surface area contributed by atoms with E-state index in [1.165, 1.54) is 25.5 Å². The van der Waals surface area contributed by atoms with Crippen molar-refractivity contribution >= 4 is 28.2 Å². The Kier molecular flexibility index (Phi) is 4.23. The minimum absolute atomic E-state index is 0.273. The van der Waals surface area contributed by atoms with Crippen molar-refractivity contribution in [3.8, 4) is 0 Å². The zero-order valence-corrected chi connectivity index (χ0v) is 9.42. The van der Waals surface area contributed by atoms with E-state index in [2.05, 4.69) is 31.2 Å². The predicted molar refractivity (Wildman–Crippen MR) is 57.2 cm³/mol. The highest BCUT2D eigenvalue weighted by Crippen LogP contribution is 2.13. The number of methoxy groups -OCH3 is 1. The van der Waals surface area contributed by atoms with Gasteiger partial charge in [0.15, 0.2) is 0 Å². The smallest absolute Gasteiger partial charge is 0.427 e. The zero-order valence-electron chi connectivity index (χ0n) is 7.83. The highest BCUT2D eigenvalue weighted by molar-refractivity contribution is 9.10. The molecule has 1 aromatic carbocycles. The molecule has 4 nitrogen and oxygen atoms in total. The standard InChI is InChI=1S/C9H8BrFN2O2/c1-15-9(14)13-12-5-6-2-3-7(10)4-8(6)11/h2-5H,1H3,(H,13,14)/b12-5-. The summed E-state index contributed by atoms with van der Waals surface area (Å²) >= 11 is 3.12. The van der Waals surface area contributed by atoms with Gasteiger partial charge in [0.1, 0.15) is 5.82 Å². The number of rotatable bonds is 2. The summed E-state index contributed by atoms with van der Waals surface area (Å²) in [7, 11) is 1.21. The van der Waals surface area contributed by atoms with Crippen molar-refractivity contribution in [2.24, 2.45) is 5.10 Å². The first-order valence-corrected chi connectivity index (χ1v) is 4.75. The lowest BCUT2D eigenvalue weighted by Gasteiger charge is -1.98. The lowest BCUT2D eigenvalue weighted by Crippen LogP contribution is -2.16. The Labute approximate surface area is 94.2 Å². The second-order valence-corrected chi connectivity index (χ2v) is 3.44. The fourth-order valence-electron chi connectivity index (χ4n) is 0.806. The van der Waals surface area contributed by atoms with Crippen molar-refractivity contribution < 1.29 is 13.9 Å². The van der Waals surface area contributed by atoms with Crippen LogP contribution in [0.4, 0.5) is 9.18 Å². The lowest BCUT2D eigenvalue weighted by molar-refractivity contribution is 0.171. The fraction of sp³-hybridized carbons (Fsp3) is 0.111. The van der Waals surface area contributed by atoms with E-state index in [4.69, 9.17) is 0 Å². The highest BCUT2D eigenvalue weighted by Gasteiger charge is 2.00. The van der Waals surface area contributed by atoms with Crippen LogP contribution in [-0.2, 0) is 4.74 Å². The van der Waals surface area contributed by atoms with Crippen LogP contribution < -0.4 is 5.43 Å². The number of carbonyl (C=O) groups excluding carboxylic acids is 1. The molecule has 0 bridgehead atoms. The average molecular weight is 275 g/mol. The predicted octanol–water partition coefficient (Wildman–Crippen LogP) is 2.28. The Morgan fingerprint density at radius 1 is 1.67 bits per heavy atom. The first-order valence-electron chi connectivity index (χ1n) is 3.95. The van der Waals surface area contributed by atoms with Gasteiger partial charge in [0.05, 0.1) is 13.3 Å². The SMILES string of the molecule is COC(=O)N/N=C\c1ccc(Br)cc1F. The molecule has 1 N–H and O–H groups in total. The Morgan fingerprint density at radius 2 is 2.40 bits per heavy atom. The van der Waals surface area contributed by atoms with E-state index in [9.17, 15) is 9.18 Å². The fourth-order valence-corrected chi connectivity index (χ4v) is 1.14. The number of nitrogens with one attached hydrogen (secondary N) is 1. The molecule has 6 heteroatoms. The number of benzene rings is 1. The summed E-state index contributed by atoms with van der Waals surface area (Å²) in [5, 5.41) is 3.50. The molecular weight excluding hydrogens is 267 g/mol. The summed E-state index contributed by atoms with van der Waals surface area (Å²) in [5.74, 6) is -0.431. The number of hydrogen-bond acceptors (Lipinski definition) is 3. The summed E-state index contributed by atoms with van der Waals surface area (Å²) in [5.41, 5.74) is 2.33. The van der Waals surface area contributed by atoms with Gasteiger partial charge in [-0.1, -0.05) is 15.9 Å². The van der Waals surface area contributed by atoms with E-state index < -0.39 is 11.9 Å². The number of hydrogen-bond donors (Lipinski definition) is 1. The minimum Gasteiger partial charge on any atom is -0.452 e. The van der Waals surface area contributed by atoms with E-state index in [0.29, 0.717) is 4.47 Å². The lowest BCUT2D eigenvalue weighted by atomic mass is 10.2. The van der Waals surface area contributed by atoms with Gasteiger partial charge >= 0.3 is 6.09 Å².